The highest BCUT2D eigenvalue weighted by Crippen LogP contribution is 2.27. The van der Waals surface area contributed by atoms with Crippen LogP contribution in [0.4, 0.5) is 11.6 Å². The second kappa shape index (κ2) is 8.26. The molecule has 2 aromatic rings. The van der Waals surface area contributed by atoms with Gasteiger partial charge in [0.05, 0.1) is 12.8 Å². The molecule has 0 radical (unpaired) electrons. The summed E-state index contributed by atoms with van der Waals surface area (Å²) < 4.78 is 5.32. The molecule has 2 N–H and O–H groups in total. The predicted molar refractivity (Wildman–Crippen MR) is 93.9 cm³/mol. The number of methoxy groups -OCH3 is 1. The minimum Gasteiger partial charge on any atom is -0.495 e. The molecule has 1 aromatic carbocycles. The average molecular weight is 329 g/mol. The van der Waals surface area contributed by atoms with Crippen LogP contribution < -0.4 is 15.4 Å². The Morgan fingerprint density at radius 2 is 2.08 bits per heavy atom. The summed E-state index contributed by atoms with van der Waals surface area (Å²) in [4.78, 5) is 22.6. The zero-order valence-electron chi connectivity index (χ0n) is 14.5. The molecular formula is C17H23N5O2. The Labute approximate surface area is 142 Å². The standard InChI is InChI=1S/C17H23N5O2/c1-12-5-6-15(24-4)14(11-12)21-17-19-8-7-13(20-17)16(23)18-9-10-22(2)3/h5-8,11H,9-10H2,1-4H3,(H,18,23)(H,19,20,21). The highest BCUT2D eigenvalue weighted by molar-refractivity contribution is 5.92. The maximum absolute atomic E-state index is 12.1. The van der Waals surface area contributed by atoms with Gasteiger partial charge in [0.2, 0.25) is 5.95 Å². The number of carbonyl (C=O) groups is 1. The molecule has 0 atom stereocenters. The molecule has 0 fully saturated rings. The van der Waals surface area contributed by atoms with E-state index in [2.05, 4.69) is 20.6 Å². The molecule has 0 bridgehead atoms. The molecular weight excluding hydrogens is 306 g/mol. The maximum Gasteiger partial charge on any atom is 0.270 e. The van der Waals surface area contributed by atoms with Gasteiger partial charge in [-0.2, -0.15) is 0 Å². The van der Waals surface area contributed by atoms with Crippen LogP contribution in [-0.4, -0.2) is 55.1 Å². The lowest BCUT2D eigenvalue weighted by Crippen LogP contribution is -2.31. The summed E-state index contributed by atoms with van der Waals surface area (Å²) in [7, 11) is 5.51. The Morgan fingerprint density at radius 1 is 1.29 bits per heavy atom. The molecule has 0 saturated carbocycles. The number of benzene rings is 1. The van der Waals surface area contributed by atoms with Crippen molar-refractivity contribution in [3.8, 4) is 5.75 Å². The van der Waals surface area contributed by atoms with E-state index in [1.165, 1.54) is 0 Å². The molecule has 0 spiro atoms. The summed E-state index contributed by atoms with van der Waals surface area (Å²) in [5, 5.41) is 5.93. The molecule has 24 heavy (non-hydrogen) atoms. The van der Waals surface area contributed by atoms with Crippen LogP contribution in [0.5, 0.6) is 5.75 Å². The fourth-order valence-electron chi connectivity index (χ4n) is 2.07. The van der Waals surface area contributed by atoms with Gasteiger partial charge in [0.25, 0.3) is 5.91 Å². The molecule has 128 valence electrons. The van der Waals surface area contributed by atoms with Gasteiger partial charge in [0, 0.05) is 19.3 Å². The van der Waals surface area contributed by atoms with Crippen molar-refractivity contribution in [2.75, 3.05) is 39.6 Å². The Balaban J connectivity index is 2.10. The number of aromatic nitrogens is 2. The number of likely N-dealkylation sites (N-methyl/N-ethyl adjacent to an activating group) is 1. The molecule has 0 aliphatic heterocycles. The fraction of sp³-hybridized carbons (Fsp3) is 0.353. The molecule has 7 nitrogen and oxygen atoms in total. The molecule has 0 saturated heterocycles. The molecule has 0 aliphatic rings. The smallest absolute Gasteiger partial charge is 0.270 e. The van der Waals surface area contributed by atoms with Gasteiger partial charge in [-0.15, -0.1) is 0 Å². The van der Waals surface area contributed by atoms with E-state index < -0.39 is 0 Å². The van der Waals surface area contributed by atoms with Gasteiger partial charge in [-0.3, -0.25) is 4.79 Å². The van der Waals surface area contributed by atoms with Crippen LogP contribution >= 0.6 is 0 Å². The van der Waals surface area contributed by atoms with Gasteiger partial charge in [0.15, 0.2) is 0 Å². The topological polar surface area (TPSA) is 79.4 Å². The van der Waals surface area contributed by atoms with E-state index in [-0.39, 0.29) is 5.91 Å². The second-order valence-corrected chi connectivity index (χ2v) is 5.65. The van der Waals surface area contributed by atoms with Crippen LogP contribution in [0, 0.1) is 6.92 Å². The van der Waals surface area contributed by atoms with Gasteiger partial charge in [-0.25, -0.2) is 9.97 Å². The molecule has 2 rings (SSSR count). The number of hydrogen-bond donors (Lipinski definition) is 2. The van der Waals surface area contributed by atoms with Crippen LogP contribution in [0.2, 0.25) is 0 Å². The maximum atomic E-state index is 12.1. The van der Waals surface area contributed by atoms with Gasteiger partial charge in [-0.05, 0) is 44.8 Å². The molecule has 0 unspecified atom stereocenters. The van der Waals surface area contributed by atoms with Crippen LogP contribution in [0.3, 0.4) is 0 Å². The SMILES string of the molecule is COc1ccc(C)cc1Nc1nccc(C(=O)NCCN(C)C)n1. The fourth-order valence-corrected chi connectivity index (χ4v) is 2.07. The van der Waals surface area contributed by atoms with Crippen molar-refractivity contribution in [2.24, 2.45) is 0 Å². The van der Waals surface area contributed by atoms with Gasteiger partial charge in [-0.1, -0.05) is 6.07 Å². The number of rotatable bonds is 7. The van der Waals surface area contributed by atoms with E-state index in [9.17, 15) is 4.79 Å². The van der Waals surface area contributed by atoms with Gasteiger partial charge < -0.3 is 20.3 Å². The predicted octanol–water partition coefficient (Wildman–Crippen LogP) is 1.83. The molecule has 1 amide bonds. The van der Waals surface area contributed by atoms with Gasteiger partial charge >= 0.3 is 0 Å². The third-order valence-electron chi connectivity index (χ3n) is 3.33. The first-order chi connectivity index (χ1) is 11.5. The van der Waals surface area contributed by atoms with Crippen molar-refractivity contribution in [1.82, 2.24) is 20.2 Å². The van der Waals surface area contributed by atoms with Crippen molar-refractivity contribution < 1.29 is 9.53 Å². The zero-order valence-corrected chi connectivity index (χ0v) is 14.5. The van der Waals surface area contributed by atoms with Gasteiger partial charge in [0.1, 0.15) is 11.4 Å². The molecule has 7 heteroatoms. The Kier molecular flexibility index (Phi) is 6.08. The average Bonchev–Trinajstić information content (AvgIpc) is 2.55. The van der Waals surface area contributed by atoms with Crippen molar-refractivity contribution >= 4 is 17.5 Å². The summed E-state index contributed by atoms with van der Waals surface area (Å²) in [6.45, 7) is 3.31. The zero-order chi connectivity index (χ0) is 17.5. The van der Waals surface area contributed by atoms with Crippen molar-refractivity contribution in [1.29, 1.82) is 0 Å². The van der Waals surface area contributed by atoms with E-state index in [0.717, 1.165) is 17.8 Å². The second-order valence-electron chi connectivity index (χ2n) is 5.65. The van der Waals surface area contributed by atoms with E-state index in [1.807, 2.05) is 44.1 Å². The summed E-state index contributed by atoms with van der Waals surface area (Å²) in [6.07, 6.45) is 1.55. The highest BCUT2D eigenvalue weighted by atomic mass is 16.5. The van der Waals surface area contributed by atoms with E-state index in [1.54, 1.807) is 19.4 Å². The van der Waals surface area contributed by atoms with Crippen molar-refractivity contribution in [3.63, 3.8) is 0 Å². The van der Waals surface area contributed by atoms with Crippen molar-refractivity contribution in [3.05, 3.63) is 41.7 Å². The first kappa shape index (κ1) is 17.7. The van der Waals surface area contributed by atoms with Crippen LogP contribution in [0.15, 0.2) is 30.5 Å². The minimum absolute atomic E-state index is 0.224. The summed E-state index contributed by atoms with van der Waals surface area (Å²) in [5.41, 5.74) is 2.15. The minimum atomic E-state index is -0.224. The first-order valence-corrected chi connectivity index (χ1v) is 7.67. The Bertz CT molecular complexity index is 703. The van der Waals surface area contributed by atoms with Crippen LogP contribution in [0.25, 0.3) is 0 Å². The molecule has 0 aliphatic carbocycles. The van der Waals surface area contributed by atoms with Crippen LogP contribution in [-0.2, 0) is 0 Å². The largest absolute Gasteiger partial charge is 0.495 e. The number of nitrogens with zero attached hydrogens (tertiary/aromatic N) is 3. The Hall–Kier alpha value is -2.67. The first-order valence-electron chi connectivity index (χ1n) is 7.67. The van der Waals surface area contributed by atoms with Crippen LogP contribution in [0.1, 0.15) is 16.1 Å². The summed E-state index contributed by atoms with van der Waals surface area (Å²) in [5.74, 6) is 0.808. The third-order valence-corrected chi connectivity index (χ3v) is 3.33. The van der Waals surface area contributed by atoms with Crippen molar-refractivity contribution in [2.45, 2.75) is 6.92 Å². The lowest BCUT2D eigenvalue weighted by Gasteiger charge is -2.12. The number of carbonyl (C=O) groups excluding carboxylic acids is 1. The van der Waals surface area contributed by atoms with E-state index in [0.29, 0.717) is 23.9 Å². The Morgan fingerprint density at radius 3 is 2.79 bits per heavy atom. The number of hydrogen-bond acceptors (Lipinski definition) is 6. The number of amides is 1. The highest BCUT2D eigenvalue weighted by Gasteiger charge is 2.10. The summed E-state index contributed by atoms with van der Waals surface area (Å²) in [6, 6.07) is 7.35. The lowest BCUT2D eigenvalue weighted by molar-refractivity contribution is 0.0946. The summed E-state index contributed by atoms with van der Waals surface area (Å²) >= 11 is 0. The number of aryl methyl sites for hydroxylation is 1. The molecule has 1 heterocycles. The number of ether oxygens (including phenoxy) is 1. The normalized spacial score (nSPS) is 10.5. The number of anilines is 2. The third kappa shape index (κ3) is 4.92. The number of nitrogens with one attached hydrogen (secondary N) is 2. The molecule has 1 aromatic heterocycles. The van der Waals surface area contributed by atoms with E-state index >= 15 is 0 Å². The van der Waals surface area contributed by atoms with E-state index in [4.69, 9.17) is 4.74 Å². The monoisotopic (exact) mass is 329 g/mol. The lowest BCUT2D eigenvalue weighted by atomic mass is 10.2. The quantitative estimate of drug-likeness (QED) is 0.807.